The van der Waals surface area contributed by atoms with E-state index in [9.17, 15) is 0 Å². The van der Waals surface area contributed by atoms with E-state index in [1.54, 1.807) is 0 Å². The maximum absolute atomic E-state index is 6.43. The Balaban J connectivity index is 1.90. The second-order valence-electron chi connectivity index (χ2n) is 5.62. The Hall–Kier alpha value is -0.900. The van der Waals surface area contributed by atoms with Gasteiger partial charge in [0.25, 0.3) is 0 Å². The molecule has 1 aliphatic heterocycles. The highest BCUT2D eigenvalue weighted by Crippen LogP contribution is 2.19. The Morgan fingerprint density at radius 2 is 2.11 bits per heavy atom. The molecule has 1 heterocycles. The van der Waals surface area contributed by atoms with Gasteiger partial charge in [0.15, 0.2) is 0 Å². The summed E-state index contributed by atoms with van der Waals surface area (Å²) in [5.41, 5.74) is 7.30. The molecule has 2 atom stereocenters. The molecule has 2 rings (SSSR count). The van der Waals surface area contributed by atoms with Crippen molar-refractivity contribution in [2.75, 3.05) is 26.7 Å². The van der Waals surface area contributed by atoms with E-state index in [1.165, 1.54) is 18.4 Å². The van der Waals surface area contributed by atoms with Crippen LogP contribution in [-0.4, -0.2) is 37.7 Å². The van der Waals surface area contributed by atoms with Crippen LogP contribution in [0.25, 0.3) is 0 Å². The van der Waals surface area contributed by atoms with E-state index in [2.05, 4.69) is 31.0 Å². The van der Waals surface area contributed by atoms with Crippen molar-refractivity contribution in [2.45, 2.75) is 31.4 Å². The molecule has 0 saturated carbocycles. The van der Waals surface area contributed by atoms with Gasteiger partial charge in [-0.25, -0.2) is 0 Å². The molecule has 2 N–H and O–H groups in total. The van der Waals surface area contributed by atoms with Crippen LogP contribution in [0.15, 0.2) is 30.3 Å². The summed E-state index contributed by atoms with van der Waals surface area (Å²) in [6, 6.07) is 10.3. The molecular weight excluding hydrogens is 224 g/mol. The van der Waals surface area contributed by atoms with E-state index < -0.39 is 0 Å². The van der Waals surface area contributed by atoms with Crippen molar-refractivity contribution in [1.29, 1.82) is 0 Å². The fraction of sp³-hybridized carbons (Fsp3) is 0.600. The van der Waals surface area contributed by atoms with Crippen LogP contribution in [0.5, 0.6) is 0 Å². The number of nitrogens with zero attached hydrogens (tertiary/aromatic N) is 1. The normalized spacial score (nSPS) is 23.2. The van der Waals surface area contributed by atoms with Crippen LogP contribution in [0.4, 0.5) is 0 Å². The van der Waals surface area contributed by atoms with Crippen molar-refractivity contribution in [3.63, 3.8) is 0 Å². The lowest BCUT2D eigenvalue weighted by Gasteiger charge is -2.31. The average Bonchev–Trinajstić information content (AvgIpc) is 2.82. The third-order valence-corrected chi connectivity index (χ3v) is 3.57. The van der Waals surface area contributed by atoms with Gasteiger partial charge in [0.1, 0.15) is 0 Å². The molecule has 3 heteroatoms. The van der Waals surface area contributed by atoms with E-state index in [0.717, 1.165) is 19.7 Å². The Morgan fingerprint density at radius 3 is 2.72 bits per heavy atom. The lowest BCUT2D eigenvalue weighted by Crippen LogP contribution is -2.45. The van der Waals surface area contributed by atoms with E-state index in [-0.39, 0.29) is 5.54 Å². The molecule has 1 aliphatic rings. The van der Waals surface area contributed by atoms with Crippen molar-refractivity contribution in [1.82, 2.24) is 4.90 Å². The Morgan fingerprint density at radius 1 is 1.39 bits per heavy atom. The Labute approximate surface area is 110 Å². The maximum atomic E-state index is 6.43. The van der Waals surface area contributed by atoms with Gasteiger partial charge in [0.05, 0.1) is 11.6 Å². The molecule has 0 bridgehead atoms. The van der Waals surface area contributed by atoms with Gasteiger partial charge in [0.2, 0.25) is 0 Å². The topological polar surface area (TPSA) is 38.5 Å². The fourth-order valence-electron chi connectivity index (χ4n) is 2.67. The van der Waals surface area contributed by atoms with Crippen LogP contribution in [0.1, 0.15) is 25.3 Å². The predicted octanol–water partition coefficient (Wildman–Crippen LogP) is 1.97. The highest BCUT2D eigenvalue weighted by molar-refractivity contribution is 5.23. The van der Waals surface area contributed by atoms with Crippen LogP contribution in [0.3, 0.4) is 0 Å². The summed E-state index contributed by atoms with van der Waals surface area (Å²) >= 11 is 0. The third-order valence-electron chi connectivity index (χ3n) is 3.57. The highest BCUT2D eigenvalue weighted by Gasteiger charge is 2.25. The molecule has 0 radical (unpaired) electrons. The van der Waals surface area contributed by atoms with Gasteiger partial charge in [-0.2, -0.15) is 0 Å². The largest absolute Gasteiger partial charge is 0.377 e. The van der Waals surface area contributed by atoms with Crippen molar-refractivity contribution >= 4 is 0 Å². The molecule has 0 amide bonds. The van der Waals surface area contributed by atoms with Crippen molar-refractivity contribution in [3.8, 4) is 0 Å². The Kier molecular flexibility index (Phi) is 4.38. The standard InChI is InChI=1S/C15H24N2O/c1-15(16,13-7-4-3-5-8-13)12-17(2)11-14-9-6-10-18-14/h3-5,7-8,14H,6,9-12,16H2,1-2H3. The number of likely N-dealkylation sites (N-methyl/N-ethyl adjacent to an activating group) is 1. The number of hydrogen-bond acceptors (Lipinski definition) is 3. The van der Waals surface area contributed by atoms with Crippen molar-refractivity contribution in [3.05, 3.63) is 35.9 Å². The van der Waals surface area contributed by atoms with Gasteiger partial charge in [-0.1, -0.05) is 30.3 Å². The summed E-state index contributed by atoms with van der Waals surface area (Å²) in [7, 11) is 2.12. The molecule has 3 nitrogen and oxygen atoms in total. The lowest BCUT2D eigenvalue weighted by molar-refractivity contribution is 0.0752. The summed E-state index contributed by atoms with van der Waals surface area (Å²) < 4.78 is 5.66. The first-order valence-electron chi connectivity index (χ1n) is 6.72. The lowest BCUT2D eigenvalue weighted by atomic mass is 9.92. The molecule has 1 aromatic carbocycles. The van der Waals surface area contributed by atoms with E-state index in [4.69, 9.17) is 10.5 Å². The number of ether oxygens (including phenoxy) is 1. The van der Waals surface area contributed by atoms with Crippen LogP contribution in [0, 0.1) is 0 Å². The molecule has 0 aromatic heterocycles. The molecule has 100 valence electrons. The summed E-state index contributed by atoms with van der Waals surface area (Å²) in [6.45, 7) is 4.82. The number of rotatable bonds is 5. The molecule has 0 aliphatic carbocycles. The molecule has 1 fully saturated rings. The summed E-state index contributed by atoms with van der Waals surface area (Å²) in [5.74, 6) is 0. The molecule has 1 saturated heterocycles. The van der Waals surface area contributed by atoms with E-state index in [1.807, 2.05) is 18.2 Å². The Bertz CT molecular complexity index is 358. The summed E-state index contributed by atoms with van der Waals surface area (Å²) in [4.78, 5) is 2.28. The maximum Gasteiger partial charge on any atom is 0.0702 e. The van der Waals surface area contributed by atoms with Crippen LogP contribution >= 0.6 is 0 Å². The van der Waals surface area contributed by atoms with Crippen molar-refractivity contribution < 1.29 is 4.74 Å². The smallest absolute Gasteiger partial charge is 0.0702 e. The summed E-state index contributed by atoms with van der Waals surface area (Å²) in [5, 5.41) is 0. The van der Waals surface area contributed by atoms with Crippen LogP contribution in [0.2, 0.25) is 0 Å². The summed E-state index contributed by atoms with van der Waals surface area (Å²) in [6.07, 6.45) is 2.76. The monoisotopic (exact) mass is 248 g/mol. The number of benzene rings is 1. The quantitative estimate of drug-likeness (QED) is 0.866. The van der Waals surface area contributed by atoms with E-state index >= 15 is 0 Å². The van der Waals surface area contributed by atoms with Crippen LogP contribution in [-0.2, 0) is 10.3 Å². The first kappa shape index (κ1) is 13.5. The van der Waals surface area contributed by atoms with Crippen molar-refractivity contribution in [2.24, 2.45) is 5.73 Å². The SMILES string of the molecule is CN(CC1CCCO1)CC(C)(N)c1ccccc1. The number of hydrogen-bond donors (Lipinski definition) is 1. The zero-order valence-electron chi connectivity index (χ0n) is 11.4. The third kappa shape index (κ3) is 3.55. The minimum Gasteiger partial charge on any atom is -0.377 e. The zero-order chi connectivity index (χ0) is 13.0. The van der Waals surface area contributed by atoms with Gasteiger partial charge < -0.3 is 15.4 Å². The van der Waals surface area contributed by atoms with Gasteiger partial charge in [-0.05, 0) is 32.4 Å². The first-order chi connectivity index (χ1) is 8.58. The highest BCUT2D eigenvalue weighted by atomic mass is 16.5. The second-order valence-corrected chi connectivity index (χ2v) is 5.62. The molecule has 2 unspecified atom stereocenters. The average molecular weight is 248 g/mol. The predicted molar refractivity (Wildman–Crippen MR) is 74.5 cm³/mol. The molecule has 0 spiro atoms. The van der Waals surface area contributed by atoms with Gasteiger partial charge in [0, 0.05) is 19.7 Å². The minimum atomic E-state index is -0.311. The van der Waals surface area contributed by atoms with Gasteiger partial charge in [-0.3, -0.25) is 0 Å². The molecule has 1 aromatic rings. The minimum absolute atomic E-state index is 0.311. The van der Waals surface area contributed by atoms with Crippen LogP contribution < -0.4 is 5.73 Å². The number of nitrogens with two attached hydrogens (primary N) is 1. The molecular formula is C15H24N2O. The van der Waals surface area contributed by atoms with Gasteiger partial charge in [-0.15, -0.1) is 0 Å². The van der Waals surface area contributed by atoms with E-state index in [0.29, 0.717) is 6.10 Å². The first-order valence-corrected chi connectivity index (χ1v) is 6.72. The van der Waals surface area contributed by atoms with Gasteiger partial charge >= 0.3 is 0 Å². The zero-order valence-corrected chi connectivity index (χ0v) is 11.4. The second kappa shape index (κ2) is 5.83. The molecule has 18 heavy (non-hydrogen) atoms. The fourth-order valence-corrected chi connectivity index (χ4v) is 2.67.